The van der Waals surface area contributed by atoms with E-state index in [1.165, 1.54) is 34.9 Å². The Balaban J connectivity index is 1.49. The molecule has 0 bridgehead atoms. The molecule has 1 saturated carbocycles. The summed E-state index contributed by atoms with van der Waals surface area (Å²) >= 11 is 2.01. The average molecular weight is 514 g/mol. The Morgan fingerprint density at radius 1 is 0.892 bits per heavy atom. The molecule has 4 aliphatic rings. The molecule has 1 saturated heterocycles. The van der Waals surface area contributed by atoms with Gasteiger partial charge in [0.05, 0.1) is 10.8 Å². The smallest absolute Gasteiger partial charge is 0.278 e. The van der Waals surface area contributed by atoms with Crippen LogP contribution in [-0.2, 0) is 4.75 Å². The zero-order valence-electron chi connectivity index (χ0n) is 20.8. The highest BCUT2D eigenvalue weighted by Crippen LogP contribution is 2.63. The number of thioether (sulfide) groups is 1. The normalized spacial score (nSPS) is 28.6. The van der Waals surface area contributed by atoms with Crippen LogP contribution in [0.25, 0.3) is 0 Å². The maximum Gasteiger partial charge on any atom is 0.278 e. The van der Waals surface area contributed by atoms with Gasteiger partial charge in [0.1, 0.15) is 6.17 Å². The summed E-state index contributed by atoms with van der Waals surface area (Å²) in [4.78, 5) is 29.3. The molecule has 4 heterocycles. The van der Waals surface area contributed by atoms with Gasteiger partial charge in [-0.2, -0.15) is 0 Å². The van der Waals surface area contributed by atoms with E-state index in [1.807, 2.05) is 21.3 Å². The molecule has 4 atom stereocenters. The fourth-order valence-corrected chi connectivity index (χ4v) is 9.08. The molecule has 1 aliphatic carbocycles. The van der Waals surface area contributed by atoms with E-state index in [2.05, 4.69) is 59.6 Å². The van der Waals surface area contributed by atoms with Crippen LogP contribution < -0.4 is 10.4 Å². The number of piperidine rings is 1. The van der Waals surface area contributed by atoms with E-state index in [9.17, 15) is 14.7 Å². The molecule has 2 unspecified atom stereocenters. The Bertz CT molecular complexity index is 1420. The summed E-state index contributed by atoms with van der Waals surface area (Å²) < 4.78 is 1.74. The molecule has 7 rings (SSSR count). The largest absolute Gasteiger partial charge is 0.502 e. The summed E-state index contributed by atoms with van der Waals surface area (Å²) in [6, 6.07) is 21.0. The average Bonchev–Trinajstić information content (AvgIpc) is 2.95. The Labute approximate surface area is 220 Å². The van der Waals surface area contributed by atoms with Gasteiger partial charge in [-0.3, -0.25) is 19.3 Å². The van der Waals surface area contributed by atoms with E-state index >= 15 is 0 Å². The molecule has 7 heteroatoms. The van der Waals surface area contributed by atoms with Crippen molar-refractivity contribution in [1.82, 2.24) is 9.58 Å². The van der Waals surface area contributed by atoms with Crippen molar-refractivity contribution in [2.75, 3.05) is 11.6 Å². The van der Waals surface area contributed by atoms with Gasteiger partial charge in [0.2, 0.25) is 5.43 Å². The molecule has 3 aliphatic heterocycles. The first-order chi connectivity index (χ1) is 18.1. The van der Waals surface area contributed by atoms with E-state index in [0.717, 1.165) is 32.1 Å². The highest BCUT2D eigenvalue weighted by molar-refractivity contribution is 8.00. The molecule has 1 amide bonds. The number of carbonyl (C=O) groups is 1. The van der Waals surface area contributed by atoms with Gasteiger partial charge in [0, 0.05) is 29.6 Å². The minimum Gasteiger partial charge on any atom is -0.502 e. The molecule has 2 fully saturated rings. The topological polar surface area (TPSA) is 65.8 Å². The molecule has 0 radical (unpaired) electrons. The third kappa shape index (κ3) is 3.32. The van der Waals surface area contributed by atoms with Crippen molar-refractivity contribution in [3.8, 4) is 5.75 Å². The minimum atomic E-state index is -0.508. The van der Waals surface area contributed by atoms with Crippen LogP contribution in [0.1, 0.15) is 72.6 Å². The van der Waals surface area contributed by atoms with Gasteiger partial charge in [-0.25, -0.2) is 0 Å². The maximum atomic E-state index is 13.6. The van der Waals surface area contributed by atoms with Gasteiger partial charge >= 0.3 is 0 Å². The van der Waals surface area contributed by atoms with Crippen molar-refractivity contribution in [2.24, 2.45) is 5.92 Å². The van der Waals surface area contributed by atoms with Crippen LogP contribution >= 0.6 is 11.8 Å². The summed E-state index contributed by atoms with van der Waals surface area (Å²) in [5.74, 6) is -0.388. The van der Waals surface area contributed by atoms with Gasteiger partial charge in [-0.05, 0) is 49.3 Å². The van der Waals surface area contributed by atoms with Gasteiger partial charge in [0.25, 0.3) is 5.91 Å². The number of amides is 1. The van der Waals surface area contributed by atoms with Crippen LogP contribution in [-0.4, -0.2) is 33.3 Å². The highest BCUT2D eigenvalue weighted by atomic mass is 32.2. The van der Waals surface area contributed by atoms with E-state index in [-0.39, 0.29) is 28.6 Å². The second-order valence-corrected chi connectivity index (χ2v) is 12.1. The number of carbonyl (C=O) groups excluding carboxylic acids is 1. The molecular formula is C30H31N3O3S. The fraction of sp³-hybridized carbons (Fsp3) is 0.400. The molecule has 190 valence electrons. The predicted molar refractivity (Wildman–Crippen MR) is 144 cm³/mol. The van der Waals surface area contributed by atoms with Gasteiger partial charge in [-0.1, -0.05) is 61.4 Å². The number of rotatable bonds is 2. The third-order valence-electron chi connectivity index (χ3n) is 8.91. The van der Waals surface area contributed by atoms with Gasteiger partial charge in [-0.15, -0.1) is 11.8 Å². The standard InChI is InChI=1S/C30H31N3O3S/c34-23-16-19-32-27(28(23)35)29(36)31-18-9-7-15-25(31)33(32)26-21-12-4-5-14-24(21)37-30(17-8-6-13-22(26)30)20-10-2-1-3-11-20/h1-5,10-12,14,16,19,22,25-26,35H,6-9,13,15,17-18H2/t22?,25-,26+,30?/m1/s1. The Hall–Kier alpha value is -3.19. The quantitative estimate of drug-likeness (QED) is 0.498. The minimum absolute atomic E-state index is 0.00249. The monoisotopic (exact) mass is 513 g/mol. The SMILES string of the molecule is O=C1c2c(O)c(=O)ccn2N([C@H]2c3ccccc3SC3(c4ccccc4)CCCCC23)[C@@H]2CCCCN12. The zero-order valence-corrected chi connectivity index (χ0v) is 21.6. The Morgan fingerprint density at radius 3 is 2.54 bits per heavy atom. The Morgan fingerprint density at radius 2 is 1.68 bits per heavy atom. The van der Waals surface area contributed by atoms with E-state index in [4.69, 9.17) is 0 Å². The summed E-state index contributed by atoms with van der Waals surface area (Å²) in [5, 5.41) is 13.2. The first kappa shape index (κ1) is 23.0. The number of aromatic hydroxyl groups is 1. The number of hydrogen-bond acceptors (Lipinski definition) is 5. The number of pyridine rings is 1. The van der Waals surface area contributed by atoms with Gasteiger partial charge in [0.15, 0.2) is 11.4 Å². The fourth-order valence-electron chi connectivity index (χ4n) is 7.34. The molecule has 1 N–H and O–H groups in total. The van der Waals surface area contributed by atoms with Crippen LogP contribution in [0.15, 0.2) is 76.6 Å². The number of aromatic nitrogens is 1. The third-order valence-corrected chi connectivity index (χ3v) is 10.6. The zero-order chi connectivity index (χ0) is 25.1. The number of nitrogens with zero attached hydrogens (tertiary/aromatic N) is 3. The van der Waals surface area contributed by atoms with E-state index < -0.39 is 11.2 Å². The molecular weight excluding hydrogens is 482 g/mol. The number of benzene rings is 2. The summed E-state index contributed by atoms with van der Waals surface area (Å²) in [5.41, 5.74) is 2.23. The van der Waals surface area contributed by atoms with Crippen LogP contribution in [0.2, 0.25) is 0 Å². The van der Waals surface area contributed by atoms with Crippen LogP contribution in [0.3, 0.4) is 0 Å². The lowest BCUT2D eigenvalue weighted by Crippen LogP contribution is -2.65. The van der Waals surface area contributed by atoms with Crippen molar-refractivity contribution in [1.29, 1.82) is 0 Å². The van der Waals surface area contributed by atoms with Crippen molar-refractivity contribution < 1.29 is 9.90 Å². The molecule has 3 aromatic rings. The summed E-state index contributed by atoms with van der Waals surface area (Å²) in [7, 11) is 0. The second-order valence-electron chi connectivity index (χ2n) is 10.8. The second kappa shape index (κ2) is 8.69. The predicted octanol–water partition coefficient (Wildman–Crippen LogP) is 5.39. The molecule has 1 aromatic heterocycles. The maximum absolute atomic E-state index is 13.6. The number of hydrogen-bond donors (Lipinski definition) is 1. The lowest BCUT2D eigenvalue weighted by atomic mass is 9.69. The van der Waals surface area contributed by atoms with E-state index in [1.54, 1.807) is 6.20 Å². The van der Waals surface area contributed by atoms with Crippen molar-refractivity contribution in [2.45, 2.75) is 66.8 Å². The first-order valence-electron chi connectivity index (χ1n) is 13.5. The van der Waals surface area contributed by atoms with Crippen LogP contribution in [0.4, 0.5) is 0 Å². The molecule has 2 aromatic carbocycles. The van der Waals surface area contributed by atoms with Crippen molar-refractivity contribution >= 4 is 17.7 Å². The lowest BCUT2D eigenvalue weighted by molar-refractivity contribution is 0.0395. The Kier molecular flexibility index (Phi) is 5.39. The van der Waals surface area contributed by atoms with E-state index in [0.29, 0.717) is 12.5 Å². The van der Waals surface area contributed by atoms with Crippen molar-refractivity contribution in [3.63, 3.8) is 0 Å². The van der Waals surface area contributed by atoms with Crippen molar-refractivity contribution in [3.05, 3.63) is 93.9 Å². The van der Waals surface area contributed by atoms with Crippen LogP contribution in [0.5, 0.6) is 5.75 Å². The molecule has 6 nitrogen and oxygen atoms in total. The summed E-state index contributed by atoms with van der Waals surface area (Å²) in [6.07, 6.45) is 8.97. The summed E-state index contributed by atoms with van der Waals surface area (Å²) in [6.45, 7) is 0.639. The van der Waals surface area contributed by atoms with Gasteiger partial charge < -0.3 is 10.0 Å². The molecule has 37 heavy (non-hydrogen) atoms. The lowest BCUT2D eigenvalue weighted by Gasteiger charge is -2.58. The molecule has 0 spiro atoms. The highest BCUT2D eigenvalue weighted by Gasteiger charge is 2.55. The number of fused-ring (bicyclic) bond motifs is 4. The first-order valence-corrected chi connectivity index (χ1v) is 14.3. The van der Waals surface area contributed by atoms with Crippen LogP contribution in [0, 0.1) is 5.92 Å².